The van der Waals surface area contributed by atoms with Crippen LogP contribution in [0.1, 0.15) is 37.7 Å². The normalized spacial score (nSPS) is 18.6. The third kappa shape index (κ3) is 5.03. The van der Waals surface area contributed by atoms with E-state index in [1.807, 2.05) is 37.4 Å². The van der Waals surface area contributed by atoms with Gasteiger partial charge in [-0.25, -0.2) is 0 Å². The molecule has 1 N–H and O–H groups in total. The minimum absolute atomic E-state index is 0.105. The van der Waals surface area contributed by atoms with Crippen LogP contribution < -0.4 is 5.32 Å². The van der Waals surface area contributed by atoms with Gasteiger partial charge in [0.15, 0.2) is 0 Å². The summed E-state index contributed by atoms with van der Waals surface area (Å²) in [6.07, 6.45) is 9.36. The summed E-state index contributed by atoms with van der Waals surface area (Å²) in [4.78, 5) is 18.9. The molecule has 24 heavy (non-hydrogen) atoms. The van der Waals surface area contributed by atoms with Gasteiger partial charge in [-0.3, -0.25) is 9.79 Å². The zero-order valence-corrected chi connectivity index (χ0v) is 14.5. The van der Waals surface area contributed by atoms with Gasteiger partial charge in [-0.1, -0.05) is 18.2 Å². The molecule has 0 unspecified atom stereocenters. The number of piperidine rings is 1. The van der Waals surface area contributed by atoms with Crippen LogP contribution in [0, 0.1) is 12.8 Å². The summed E-state index contributed by atoms with van der Waals surface area (Å²) in [5.74, 6) is 0.858. The SMILES string of the molecule is Cc1cccc(NC(=O)CCN2CCC(CC3=CCC=N3)CC2)c1. The van der Waals surface area contributed by atoms with Crippen LogP contribution in [-0.2, 0) is 4.79 Å². The minimum atomic E-state index is 0.105. The lowest BCUT2D eigenvalue weighted by atomic mass is 9.92. The van der Waals surface area contributed by atoms with Crippen molar-refractivity contribution in [1.82, 2.24) is 4.90 Å². The van der Waals surface area contributed by atoms with Gasteiger partial charge in [-0.2, -0.15) is 0 Å². The second kappa shape index (κ2) is 8.25. The fourth-order valence-corrected chi connectivity index (χ4v) is 3.46. The Hall–Kier alpha value is -1.94. The molecule has 2 aliphatic rings. The molecule has 0 bridgehead atoms. The van der Waals surface area contributed by atoms with Crippen molar-refractivity contribution in [2.45, 2.75) is 39.0 Å². The van der Waals surface area contributed by atoms with Crippen molar-refractivity contribution < 1.29 is 4.79 Å². The molecule has 3 rings (SSSR count). The van der Waals surface area contributed by atoms with Gasteiger partial charge in [0.25, 0.3) is 0 Å². The Morgan fingerprint density at radius 1 is 1.33 bits per heavy atom. The number of aryl methyl sites for hydroxylation is 1. The van der Waals surface area contributed by atoms with Crippen molar-refractivity contribution in [3.8, 4) is 0 Å². The van der Waals surface area contributed by atoms with Crippen LogP contribution in [0.2, 0.25) is 0 Å². The van der Waals surface area contributed by atoms with Gasteiger partial charge in [0.1, 0.15) is 0 Å². The summed E-state index contributed by atoms with van der Waals surface area (Å²) in [5.41, 5.74) is 3.33. The number of allylic oxidation sites excluding steroid dienone is 2. The van der Waals surface area contributed by atoms with Crippen LogP contribution >= 0.6 is 0 Å². The highest BCUT2D eigenvalue weighted by Crippen LogP contribution is 2.26. The number of rotatable bonds is 6. The second-order valence-electron chi connectivity index (χ2n) is 6.90. The smallest absolute Gasteiger partial charge is 0.225 e. The zero-order chi connectivity index (χ0) is 16.8. The predicted octanol–water partition coefficient (Wildman–Crippen LogP) is 3.78. The molecule has 0 aliphatic carbocycles. The highest BCUT2D eigenvalue weighted by atomic mass is 16.1. The van der Waals surface area contributed by atoms with Crippen molar-refractivity contribution in [2.75, 3.05) is 25.0 Å². The maximum Gasteiger partial charge on any atom is 0.225 e. The van der Waals surface area contributed by atoms with Crippen molar-refractivity contribution in [2.24, 2.45) is 10.9 Å². The molecule has 0 radical (unpaired) electrons. The summed E-state index contributed by atoms with van der Waals surface area (Å²) >= 11 is 0. The first kappa shape index (κ1) is 16.9. The largest absolute Gasteiger partial charge is 0.326 e. The summed E-state index contributed by atoms with van der Waals surface area (Å²) in [7, 11) is 0. The number of hydrogen-bond acceptors (Lipinski definition) is 3. The van der Waals surface area contributed by atoms with E-state index >= 15 is 0 Å². The maximum absolute atomic E-state index is 12.1. The van der Waals surface area contributed by atoms with Gasteiger partial charge in [0, 0.05) is 37.0 Å². The Bertz CT molecular complexity index is 628. The zero-order valence-electron chi connectivity index (χ0n) is 14.5. The molecule has 1 amide bonds. The number of aliphatic imine (C=N–C) groups is 1. The minimum Gasteiger partial charge on any atom is -0.326 e. The summed E-state index contributed by atoms with van der Waals surface area (Å²) in [5, 5.41) is 2.99. The first-order valence-corrected chi connectivity index (χ1v) is 8.99. The van der Waals surface area contributed by atoms with E-state index in [-0.39, 0.29) is 5.91 Å². The van der Waals surface area contributed by atoms with Crippen LogP contribution in [0.3, 0.4) is 0 Å². The number of likely N-dealkylation sites (tertiary alicyclic amines) is 1. The fraction of sp³-hybridized carbons (Fsp3) is 0.500. The summed E-state index contributed by atoms with van der Waals surface area (Å²) in [6, 6.07) is 7.95. The maximum atomic E-state index is 12.1. The van der Waals surface area contributed by atoms with Gasteiger partial charge < -0.3 is 10.2 Å². The lowest BCUT2D eigenvalue weighted by molar-refractivity contribution is -0.116. The summed E-state index contributed by atoms with van der Waals surface area (Å²) in [6.45, 7) is 5.08. The first-order chi connectivity index (χ1) is 11.7. The average molecular weight is 325 g/mol. The number of nitrogens with one attached hydrogen (secondary N) is 1. The van der Waals surface area contributed by atoms with E-state index in [2.05, 4.69) is 21.3 Å². The first-order valence-electron chi connectivity index (χ1n) is 8.99. The standard InChI is InChI=1S/C20H27N3O/c1-16-4-2-5-19(14-16)22-20(24)9-13-23-11-7-17(8-12-23)15-18-6-3-10-21-18/h2,4-6,10,14,17H,3,7-9,11-13,15H2,1H3,(H,22,24). The molecule has 1 fully saturated rings. The fourth-order valence-electron chi connectivity index (χ4n) is 3.46. The number of amides is 1. The van der Waals surface area contributed by atoms with E-state index in [1.54, 1.807) is 0 Å². The number of carbonyl (C=O) groups is 1. The number of benzene rings is 1. The highest BCUT2D eigenvalue weighted by molar-refractivity contribution is 5.90. The molecule has 4 nitrogen and oxygen atoms in total. The molecule has 128 valence electrons. The van der Waals surface area contributed by atoms with Crippen LogP contribution in [0.4, 0.5) is 5.69 Å². The molecule has 1 saturated heterocycles. The van der Waals surface area contributed by atoms with Crippen LogP contribution in [-0.4, -0.2) is 36.7 Å². The Labute approximate surface area is 144 Å². The van der Waals surface area contributed by atoms with E-state index in [0.29, 0.717) is 6.42 Å². The topological polar surface area (TPSA) is 44.7 Å². The quantitative estimate of drug-likeness (QED) is 0.865. The molecule has 1 aromatic carbocycles. The highest BCUT2D eigenvalue weighted by Gasteiger charge is 2.20. The van der Waals surface area contributed by atoms with Crippen LogP contribution in [0.25, 0.3) is 0 Å². The predicted molar refractivity (Wildman–Crippen MR) is 99.4 cm³/mol. The van der Waals surface area contributed by atoms with Gasteiger partial charge >= 0.3 is 0 Å². The van der Waals surface area contributed by atoms with Gasteiger partial charge in [-0.05, 0) is 62.9 Å². The molecule has 0 saturated carbocycles. The molecule has 4 heteroatoms. The number of anilines is 1. The molecular formula is C20H27N3O. The molecule has 0 atom stereocenters. The third-order valence-electron chi connectivity index (χ3n) is 4.88. The summed E-state index contributed by atoms with van der Waals surface area (Å²) < 4.78 is 0. The lowest BCUT2D eigenvalue weighted by Crippen LogP contribution is -2.35. The van der Waals surface area contributed by atoms with Crippen molar-refractivity contribution in [1.29, 1.82) is 0 Å². The second-order valence-corrected chi connectivity index (χ2v) is 6.90. The van der Waals surface area contributed by atoms with E-state index in [0.717, 1.165) is 49.6 Å². The van der Waals surface area contributed by atoms with Gasteiger partial charge in [0.05, 0.1) is 0 Å². The van der Waals surface area contributed by atoms with E-state index in [1.165, 1.54) is 18.5 Å². The molecular weight excluding hydrogens is 298 g/mol. The lowest BCUT2D eigenvalue weighted by Gasteiger charge is -2.31. The van der Waals surface area contributed by atoms with Gasteiger partial charge in [0.2, 0.25) is 5.91 Å². The van der Waals surface area contributed by atoms with Crippen molar-refractivity contribution in [3.63, 3.8) is 0 Å². The van der Waals surface area contributed by atoms with Crippen molar-refractivity contribution in [3.05, 3.63) is 41.6 Å². The van der Waals surface area contributed by atoms with E-state index < -0.39 is 0 Å². The Kier molecular flexibility index (Phi) is 5.81. The average Bonchev–Trinajstić information content (AvgIpc) is 3.07. The van der Waals surface area contributed by atoms with Crippen LogP contribution in [0.15, 0.2) is 41.0 Å². The Morgan fingerprint density at radius 2 is 2.17 bits per heavy atom. The molecule has 1 aromatic rings. The Morgan fingerprint density at radius 3 is 2.88 bits per heavy atom. The van der Waals surface area contributed by atoms with E-state index in [4.69, 9.17) is 0 Å². The monoisotopic (exact) mass is 325 g/mol. The molecule has 2 heterocycles. The molecule has 2 aliphatic heterocycles. The van der Waals surface area contributed by atoms with Crippen LogP contribution in [0.5, 0.6) is 0 Å². The molecule has 0 aromatic heterocycles. The van der Waals surface area contributed by atoms with Crippen molar-refractivity contribution >= 4 is 17.8 Å². The van der Waals surface area contributed by atoms with E-state index in [9.17, 15) is 4.79 Å². The third-order valence-corrected chi connectivity index (χ3v) is 4.88. The Balaban J connectivity index is 1.35. The number of hydrogen-bond donors (Lipinski definition) is 1. The van der Waals surface area contributed by atoms with Gasteiger partial charge in [-0.15, -0.1) is 0 Å². The number of carbonyl (C=O) groups excluding carboxylic acids is 1. The number of nitrogens with zero attached hydrogens (tertiary/aromatic N) is 2. The molecule has 0 spiro atoms.